The molecule has 11 heteroatoms. The molecule has 2 saturated heterocycles. The Morgan fingerprint density at radius 3 is 2.26 bits per heavy atom. The monoisotopic (exact) mass is 523 g/mol. The van der Waals surface area contributed by atoms with Gasteiger partial charge < -0.3 is 15.1 Å². The molecule has 0 aliphatic carbocycles. The lowest BCUT2D eigenvalue weighted by atomic mass is 10.2. The molecule has 1 aromatic heterocycles. The SMILES string of the molecule is Clc1ccc(N2CCNCC2)cc1.O=C1CCCN1c1ccc(S(=O)(=O)Nc2nccs2)cc1.[HH].[HH]. The number of anilines is 3. The number of nitrogens with one attached hydrogen (secondary N) is 2. The Labute approximate surface area is 211 Å². The summed E-state index contributed by atoms with van der Waals surface area (Å²) in [6, 6.07) is 14.3. The largest absolute Gasteiger partial charge is 0.369 e. The number of amides is 1. The Kier molecular flexibility index (Phi) is 8.04. The molecule has 0 atom stereocenters. The van der Waals surface area contributed by atoms with Crippen LogP contribution in [0.4, 0.5) is 16.5 Å². The Hall–Kier alpha value is -2.66. The summed E-state index contributed by atoms with van der Waals surface area (Å²) in [4.78, 5) is 19.7. The number of thiazole rings is 1. The minimum atomic E-state index is -3.64. The van der Waals surface area contributed by atoms with E-state index in [0.717, 1.165) is 43.3 Å². The third kappa shape index (κ3) is 6.26. The fourth-order valence-corrected chi connectivity index (χ4v) is 5.66. The van der Waals surface area contributed by atoms with Crippen LogP contribution in [0, 0.1) is 0 Å². The number of piperazine rings is 1. The van der Waals surface area contributed by atoms with Crippen LogP contribution in [0.5, 0.6) is 0 Å². The van der Waals surface area contributed by atoms with E-state index in [4.69, 9.17) is 11.6 Å². The van der Waals surface area contributed by atoms with E-state index >= 15 is 0 Å². The number of carbonyl (C=O) groups excluding carboxylic acids is 1. The highest BCUT2D eigenvalue weighted by atomic mass is 35.5. The van der Waals surface area contributed by atoms with Crippen molar-refractivity contribution in [2.75, 3.05) is 47.2 Å². The third-order valence-electron chi connectivity index (χ3n) is 5.49. The van der Waals surface area contributed by atoms with Gasteiger partial charge in [-0.3, -0.25) is 9.52 Å². The number of halogens is 1. The molecule has 2 aromatic carbocycles. The standard InChI is InChI=1S/C13H13N3O3S2.C10H13ClN2.2H2/c17-12-2-1-8-16(12)10-3-5-11(6-4-10)21(18,19)15-13-14-7-9-20-13;11-9-1-3-10(4-2-9)13-7-5-12-6-8-13;;/h3-7,9H,1-2,8H2,(H,14,15);1-4,12H,5-8H2;2*1H. The second kappa shape index (κ2) is 11.2. The molecule has 2 aliphatic rings. The van der Waals surface area contributed by atoms with Crippen molar-refractivity contribution in [3.63, 3.8) is 0 Å². The third-order valence-corrected chi connectivity index (χ3v) is 7.92. The van der Waals surface area contributed by atoms with Gasteiger partial charge in [0.25, 0.3) is 10.0 Å². The first-order valence-electron chi connectivity index (χ1n) is 11.0. The summed E-state index contributed by atoms with van der Waals surface area (Å²) in [5.41, 5.74) is 2.00. The lowest BCUT2D eigenvalue weighted by molar-refractivity contribution is -0.117. The minimum Gasteiger partial charge on any atom is -0.369 e. The number of rotatable bonds is 5. The number of aromatic nitrogens is 1. The van der Waals surface area contributed by atoms with E-state index in [2.05, 4.69) is 32.1 Å². The van der Waals surface area contributed by atoms with Crippen molar-refractivity contribution in [2.24, 2.45) is 0 Å². The van der Waals surface area contributed by atoms with Crippen LogP contribution >= 0.6 is 22.9 Å². The van der Waals surface area contributed by atoms with Crippen molar-refractivity contribution >= 4 is 55.4 Å². The van der Waals surface area contributed by atoms with Crippen LogP contribution in [0.25, 0.3) is 0 Å². The first-order valence-corrected chi connectivity index (χ1v) is 13.7. The van der Waals surface area contributed by atoms with Crippen molar-refractivity contribution < 1.29 is 16.1 Å². The van der Waals surface area contributed by atoms with Gasteiger partial charge in [-0.2, -0.15) is 0 Å². The first kappa shape index (κ1) is 24.5. The highest BCUT2D eigenvalue weighted by Gasteiger charge is 2.22. The Morgan fingerprint density at radius 1 is 1.00 bits per heavy atom. The maximum absolute atomic E-state index is 12.2. The first-order chi connectivity index (χ1) is 16.4. The zero-order valence-corrected chi connectivity index (χ0v) is 20.9. The molecule has 184 valence electrons. The normalized spacial score (nSPS) is 16.2. The summed E-state index contributed by atoms with van der Waals surface area (Å²) in [5, 5.41) is 6.15. The van der Waals surface area contributed by atoms with Crippen molar-refractivity contribution in [2.45, 2.75) is 17.7 Å². The zero-order valence-electron chi connectivity index (χ0n) is 18.5. The van der Waals surface area contributed by atoms with E-state index in [1.165, 1.54) is 35.4 Å². The summed E-state index contributed by atoms with van der Waals surface area (Å²) >= 11 is 7.03. The van der Waals surface area contributed by atoms with Crippen molar-refractivity contribution in [3.8, 4) is 0 Å². The van der Waals surface area contributed by atoms with Gasteiger partial charge in [-0.15, -0.1) is 11.3 Å². The molecular weight excluding hydrogens is 494 g/mol. The minimum absolute atomic E-state index is 0. The summed E-state index contributed by atoms with van der Waals surface area (Å²) in [7, 11) is -3.64. The van der Waals surface area contributed by atoms with Gasteiger partial charge in [0.2, 0.25) is 5.91 Å². The zero-order chi connectivity index (χ0) is 24.0. The number of hydrogen-bond donors (Lipinski definition) is 2. The van der Waals surface area contributed by atoms with E-state index in [1.54, 1.807) is 22.4 Å². The maximum atomic E-state index is 12.2. The molecule has 0 saturated carbocycles. The van der Waals surface area contributed by atoms with Crippen LogP contribution in [-0.2, 0) is 14.8 Å². The van der Waals surface area contributed by atoms with Gasteiger partial charge in [0.05, 0.1) is 4.90 Å². The Morgan fingerprint density at radius 2 is 1.68 bits per heavy atom. The maximum Gasteiger partial charge on any atom is 0.263 e. The molecule has 34 heavy (non-hydrogen) atoms. The summed E-state index contributed by atoms with van der Waals surface area (Å²) < 4.78 is 26.8. The Balaban J connectivity index is 0.000000264. The second-order valence-corrected chi connectivity index (χ2v) is 10.8. The molecular formula is C23H30ClN5O3S2. The summed E-state index contributed by atoms with van der Waals surface area (Å²) in [5.74, 6) is 0.0755. The van der Waals surface area contributed by atoms with E-state index in [-0.39, 0.29) is 13.7 Å². The highest BCUT2D eigenvalue weighted by Crippen LogP contribution is 2.24. The Bertz CT molecular complexity index is 1190. The molecule has 0 radical (unpaired) electrons. The molecule has 8 nitrogen and oxygen atoms in total. The molecule has 3 aromatic rings. The second-order valence-electron chi connectivity index (χ2n) is 7.80. The number of benzene rings is 2. The van der Waals surface area contributed by atoms with Crippen LogP contribution < -0.4 is 19.8 Å². The molecule has 1 amide bonds. The van der Waals surface area contributed by atoms with E-state index in [1.807, 2.05) is 12.1 Å². The molecule has 2 N–H and O–H groups in total. The fourth-order valence-electron chi connectivity index (χ4n) is 3.75. The van der Waals surface area contributed by atoms with Gasteiger partial charge in [-0.05, 0) is 55.0 Å². The van der Waals surface area contributed by atoms with E-state index < -0.39 is 10.0 Å². The van der Waals surface area contributed by atoms with Crippen LogP contribution in [0.3, 0.4) is 0 Å². The number of hydrogen-bond acceptors (Lipinski definition) is 7. The van der Waals surface area contributed by atoms with E-state index in [9.17, 15) is 13.2 Å². The molecule has 2 aliphatic heterocycles. The van der Waals surface area contributed by atoms with Crippen LogP contribution in [-0.4, -0.2) is 52.0 Å². The average Bonchev–Trinajstić information content (AvgIpc) is 3.52. The molecule has 0 unspecified atom stereocenters. The van der Waals surface area contributed by atoms with Crippen molar-refractivity contribution in [1.82, 2.24) is 10.3 Å². The van der Waals surface area contributed by atoms with Crippen molar-refractivity contribution in [1.29, 1.82) is 0 Å². The van der Waals surface area contributed by atoms with Crippen LogP contribution in [0.2, 0.25) is 5.02 Å². The number of sulfonamides is 1. The van der Waals surface area contributed by atoms with Crippen LogP contribution in [0.1, 0.15) is 15.7 Å². The highest BCUT2D eigenvalue weighted by molar-refractivity contribution is 7.93. The number of nitrogens with zero attached hydrogens (tertiary/aromatic N) is 3. The summed E-state index contributed by atoms with van der Waals surface area (Å²) in [6.07, 6.45) is 2.92. The summed E-state index contributed by atoms with van der Waals surface area (Å²) in [6.45, 7) is 5.00. The van der Waals surface area contributed by atoms with Crippen molar-refractivity contribution in [3.05, 3.63) is 65.1 Å². The van der Waals surface area contributed by atoms with Gasteiger partial charge in [-0.25, -0.2) is 13.4 Å². The van der Waals surface area contributed by atoms with Gasteiger partial charge >= 0.3 is 0 Å². The molecule has 0 spiro atoms. The predicted octanol–water partition coefficient (Wildman–Crippen LogP) is 4.31. The average molecular weight is 524 g/mol. The van der Waals surface area contributed by atoms with E-state index in [0.29, 0.717) is 18.1 Å². The smallest absolute Gasteiger partial charge is 0.263 e. The quantitative estimate of drug-likeness (QED) is 0.517. The topological polar surface area (TPSA) is 94.6 Å². The van der Waals surface area contributed by atoms with Gasteiger partial charge in [0.1, 0.15) is 0 Å². The number of carbonyl (C=O) groups is 1. The van der Waals surface area contributed by atoms with Gasteiger partial charge in [0, 0.05) is 70.0 Å². The predicted molar refractivity (Wildman–Crippen MR) is 142 cm³/mol. The molecule has 0 bridgehead atoms. The molecule has 2 fully saturated rings. The lowest BCUT2D eigenvalue weighted by Gasteiger charge is -2.29. The lowest BCUT2D eigenvalue weighted by Crippen LogP contribution is -2.43. The molecule has 5 rings (SSSR count). The van der Waals surface area contributed by atoms with Gasteiger partial charge in [0.15, 0.2) is 5.13 Å². The fraction of sp³-hybridized carbons (Fsp3) is 0.304. The van der Waals surface area contributed by atoms with Gasteiger partial charge in [-0.1, -0.05) is 11.6 Å². The van der Waals surface area contributed by atoms with Crippen LogP contribution in [0.15, 0.2) is 65.0 Å². The molecule has 3 heterocycles.